The molecule has 1 aromatic carbocycles. The lowest BCUT2D eigenvalue weighted by atomic mass is 10.2. The Morgan fingerprint density at radius 3 is 2.35 bits per heavy atom. The van der Waals surface area contributed by atoms with Gasteiger partial charge in [0.15, 0.2) is 9.84 Å². The SMILES string of the molecule is O=C(Nc1ccc(C(=O)O)cc1)N[C@@H]1CCS(=O)(=O)C1. The molecule has 1 atom stereocenters. The van der Waals surface area contributed by atoms with Gasteiger partial charge in [0, 0.05) is 11.7 Å². The molecule has 2 rings (SSSR count). The number of carbonyl (C=O) groups excluding carboxylic acids is 1. The Balaban J connectivity index is 1.90. The Hall–Kier alpha value is -2.09. The van der Waals surface area contributed by atoms with E-state index < -0.39 is 21.8 Å². The predicted molar refractivity (Wildman–Crippen MR) is 72.6 cm³/mol. The minimum atomic E-state index is -3.04. The van der Waals surface area contributed by atoms with Crippen LogP contribution in [0.25, 0.3) is 0 Å². The summed E-state index contributed by atoms with van der Waals surface area (Å²) < 4.78 is 22.5. The van der Waals surface area contributed by atoms with Gasteiger partial charge in [-0.3, -0.25) is 0 Å². The summed E-state index contributed by atoms with van der Waals surface area (Å²) >= 11 is 0. The quantitative estimate of drug-likeness (QED) is 0.760. The summed E-state index contributed by atoms with van der Waals surface area (Å²) in [5.41, 5.74) is 0.561. The Morgan fingerprint density at radius 2 is 1.85 bits per heavy atom. The molecule has 2 amide bonds. The van der Waals surface area contributed by atoms with E-state index in [-0.39, 0.29) is 23.1 Å². The predicted octanol–water partition coefficient (Wildman–Crippen LogP) is 0.693. The molecule has 7 nitrogen and oxygen atoms in total. The highest BCUT2D eigenvalue weighted by Gasteiger charge is 2.28. The molecule has 108 valence electrons. The van der Waals surface area contributed by atoms with Gasteiger partial charge in [0.25, 0.3) is 0 Å². The largest absolute Gasteiger partial charge is 0.478 e. The van der Waals surface area contributed by atoms with Crippen LogP contribution in [0.15, 0.2) is 24.3 Å². The molecule has 3 N–H and O–H groups in total. The molecule has 8 heteroatoms. The summed E-state index contributed by atoms with van der Waals surface area (Å²) in [6.45, 7) is 0. The maximum absolute atomic E-state index is 11.7. The summed E-state index contributed by atoms with van der Waals surface area (Å²) in [6, 6.07) is 4.80. The number of rotatable bonds is 3. The summed E-state index contributed by atoms with van der Waals surface area (Å²) in [7, 11) is -3.04. The minimum absolute atomic E-state index is 0.0433. The van der Waals surface area contributed by atoms with Crippen LogP contribution in [0.4, 0.5) is 10.5 Å². The lowest BCUT2D eigenvalue weighted by Gasteiger charge is -2.12. The standard InChI is InChI=1S/C12H14N2O5S/c15-11(16)8-1-3-9(4-2-8)13-12(17)14-10-5-6-20(18,19)7-10/h1-4,10H,5-7H2,(H,15,16)(H2,13,14,17)/t10-/m1/s1. The van der Waals surface area contributed by atoms with Gasteiger partial charge in [-0.2, -0.15) is 0 Å². The molecular formula is C12H14N2O5S. The molecule has 0 spiro atoms. The van der Waals surface area contributed by atoms with Crippen molar-refractivity contribution in [2.45, 2.75) is 12.5 Å². The average molecular weight is 298 g/mol. The number of carboxylic acids is 1. The smallest absolute Gasteiger partial charge is 0.335 e. The number of aromatic carboxylic acids is 1. The molecular weight excluding hydrogens is 284 g/mol. The second kappa shape index (κ2) is 5.49. The zero-order chi connectivity index (χ0) is 14.8. The lowest BCUT2D eigenvalue weighted by Crippen LogP contribution is -2.38. The number of amides is 2. The third kappa shape index (κ3) is 3.70. The normalized spacial score (nSPS) is 20.3. The van der Waals surface area contributed by atoms with Crippen molar-refractivity contribution in [2.24, 2.45) is 0 Å². The maximum atomic E-state index is 11.7. The summed E-state index contributed by atoms with van der Waals surface area (Å²) in [5, 5.41) is 13.8. The molecule has 0 bridgehead atoms. The van der Waals surface area contributed by atoms with Crippen molar-refractivity contribution in [2.75, 3.05) is 16.8 Å². The van der Waals surface area contributed by atoms with Crippen LogP contribution in [0.3, 0.4) is 0 Å². The van der Waals surface area contributed by atoms with Gasteiger partial charge in [0.1, 0.15) is 0 Å². The monoisotopic (exact) mass is 298 g/mol. The van der Waals surface area contributed by atoms with Gasteiger partial charge in [-0.1, -0.05) is 0 Å². The highest BCUT2D eigenvalue weighted by molar-refractivity contribution is 7.91. The maximum Gasteiger partial charge on any atom is 0.335 e. The van der Waals surface area contributed by atoms with Crippen LogP contribution in [0.5, 0.6) is 0 Å². The number of carboxylic acid groups (broad SMARTS) is 1. The number of anilines is 1. The fourth-order valence-corrected chi connectivity index (χ4v) is 3.63. The van der Waals surface area contributed by atoms with Crippen molar-refractivity contribution >= 4 is 27.5 Å². The Morgan fingerprint density at radius 1 is 1.20 bits per heavy atom. The molecule has 1 aliphatic heterocycles. The van der Waals surface area contributed by atoms with Crippen LogP contribution in [0, 0.1) is 0 Å². The second-order valence-corrected chi connectivity index (χ2v) is 6.81. The van der Waals surface area contributed by atoms with Crippen LogP contribution in [0.2, 0.25) is 0 Å². The van der Waals surface area contributed by atoms with Crippen molar-refractivity contribution in [1.29, 1.82) is 0 Å². The molecule has 1 heterocycles. The van der Waals surface area contributed by atoms with E-state index in [1.807, 2.05) is 0 Å². The molecule has 0 aromatic heterocycles. The first-order chi connectivity index (χ1) is 9.35. The first kappa shape index (κ1) is 14.3. The van der Waals surface area contributed by atoms with Crippen LogP contribution in [-0.2, 0) is 9.84 Å². The molecule has 0 aliphatic carbocycles. The zero-order valence-electron chi connectivity index (χ0n) is 10.5. The van der Waals surface area contributed by atoms with Gasteiger partial charge >= 0.3 is 12.0 Å². The zero-order valence-corrected chi connectivity index (χ0v) is 11.3. The van der Waals surface area contributed by atoms with Crippen LogP contribution < -0.4 is 10.6 Å². The summed E-state index contributed by atoms with van der Waals surface area (Å²) in [5.74, 6) is -0.999. The van der Waals surface area contributed by atoms with Gasteiger partial charge in [-0.05, 0) is 30.7 Å². The first-order valence-electron chi connectivity index (χ1n) is 5.97. The molecule has 1 saturated heterocycles. The number of hydrogen-bond donors (Lipinski definition) is 3. The summed E-state index contributed by atoms with van der Waals surface area (Å²) in [4.78, 5) is 22.3. The number of carbonyl (C=O) groups is 2. The van der Waals surface area contributed by atoms with E-state index in [1.54, 1.807) is 0 Å². The molecule has 1 aromatic rings. The van der Waals surface area contributed by atoms with E-state index in [0.717, 1.165) is 0 Å². The highest BCUT2D eigenvalue weighted by Crippen LogP contribution is 2.12. The molecule has 0 radical (unpaired) electrons. The minimum Gasteiger partial charge on any atom is -0.478 e. The molecule has 0 unspecified atom stereocenters. The molecule has 1 fully saturated rings. The topological polar surface area (TPSA) is 113 Å². The van der Waals surface area contributed by atoms with Crippen molar-refractivity contribution in [3.63, 3.8) is 0 Å². The number of urea groups is 1. The van der Waals surface area contributed by atoms with Gasteiger partial charge in [0.2, 0.25) is 0 Å². The van der Waals surface area contributed by atoms with Crippen molar-refractivity contribution in [3.05, 3.63) is 29.8 Å². The van der Waals surface area contributed by atoms with Gasteiger partial charge in [-0.15, -0.1) is 0 Å². The average Bonchev–Trinajstić information content (AvgIpc) is 2.69. The number of sulfone groups is 1. The van der Waals surface area contributed by atoms with E-state index in [9.17, 15) is 18.0 Å². The van der Waals surface area contributed by atoms with Crippen molar-refractivity contribution in [3.8, 4) is 0 Å². The van der Waals surface area contributed by atoms with Crippen LogP contribution >= 0.6 is 0 Å². The third-order valence-electron chi connectivity index (χ3n) is 2.96. The van der Waals surface area contributed by atoms with Gasteiger partial charge in [-0.25, -0.2) is 18.0 Å². The fourth-order valence-electron chi connectivity index (χ4n) is 1.96. The van der Waals surface area contributed by atoms with E-state index in [2.05, 4.69) is 10.6 Å². The Bertz CT molecular complexity index is 624. The van der Waals surface area contributed by atoms with E-state index in [0.29, 0.717) is 12.1 Å². The third-order valence-corrected chi connectivity index (χ3v) is 4.73. The number of nitrogens with one attached hydrogen (secondary N) is 2. The Labute approximate surface area is 115 Å². The first-order valence-corrected chi connectivity index (χ1v) is 7.79. The Kier molecular flexibility index (Phi) is 3.93. The fraction of sp³-hybridized carbons (Fsp3) is 0.333. The summed E-state index contributed by atoms with van der Waals surface area (Å²) in [6.07, 6.45) is 0.410. The van der Waals surface area contributed by atoms with Crippen LogP contribution in [-0.4, -0.2) is 43.1 Å². The van der Waals surface area contributed by atoms with E-state index >= 15 is 0 Å². The number of benzene rings is 1. The number of hydrogen-bond acceptors (Lipinski definition) is 4. The van der Waals surface area contributed by atoms with E-state index in [4.69, 9.17) is 5.11 Å². The lowest BCUT2D eigenvalue weighted by molar-refractivity contribution is 0.0697. The van der Waals surface area contributed by atoms with Crippen molar-refractivity contribution in [1.82, 2.24) is 5.32 Å². The van der Waals surface area contributed by atoms with Crippen molar-refractivity contribution < 1.29 is 23.1 Å². The highest BCUT2D eigenvalue weighted by atomic mass is 32.2. The molecule has 20 heavy (non-hydrogen) atoms. The van der Waals surface area contributed by atoms with E-state index in [1.165, 1.54) is 24.3 Å². The van der Waals surface area contributed by atoms with Crippen LogP contribution in [0.1, 0.15) is 16.8 Å². The molecule has 1 aliphatic rings. The molecule has 0 saturated carbocycles. The second-order valence-electron chi connectivity index (χ2n) is 4.58. The van der Waals surface area contributed by atoms with Gasteiger partial charge < -0.3 is 15.7 Å². The van der Waals surface area contributed by atoms with Gasteiger partial charge in [0.05, 0.1) is 17.1 Å².